The molecule has 0 atom stereocenters. The zero-order chi connectivity index (χ0) is 12.5. The Kier molecular flexibility index (Phi) is 2.92. The largest absolute Gasteiger partial charge is 0.324 e. The average Bonchev–Trinajstić information content (AvgIpc) is 2.66. The smallest absolute Gasteiger partial charge is 0.107 e. The van der Waals surface area contributed by atoms with Crippen molar-refractivity contribution in [1.29, 1.82) is 0 Å². The van der Waals surface area contributed by atoms with Crippen LogP contribution in [0.5, 0.6) is 0 Å². The molecule has 2 nitrogen and oxygen atoms in total. The Labute approximate surface area is 114 Å². The number of rotatable bonds is 2. The van der Waals surface area contributed by atoms with Crippen LogP contribution in [0.4, 0.5) is 0 Å². The van der Waals surface area contributed by atoms with Gasteiger partial charge in [0.1, 0.15) is 5.82 Å². The predicted molar refractivity (Wildman–Crippen MR) is 77.7 cm³/mol. The van der Waals surface area contributed by atoms with E-state index in [0.29, 0.717) is 0 Å². The van der Waals surface area contributed by atoms with Crippen molar-refractivity contribution >= 4 is 27.0 Å². The quantitative estimate of drug-likeness (QED) is 0.695. The maximum absolute atomic E-state index is 4.58. The highest BCUT2D eigenvalue weighted by Crippen LogP contribution is 2.19. The molecule has 3 rings (SSSR count). The Hall–Kier alpha value is -1.61. The van der Waals surface area contributed by atoms with Crippen LogP contribution in [-0.2, 0) is 6.54 Å². The van der Waals surface area contributed by atoms with E-state index in [1.54, 1.807) is 0 Å². The molecule has 0 aliphatic rings. The molecule has 18 heavy (non-hydrogen) atoms. The second-order valence-electron chi connectivity index (χ2n) is 4.36. The minimum Gasteiger partial charge on any atom is -0.324 e. The lowest BCUT2D eigenvalue weighted by Crippen LogP contribution is -2.01. The molecule has 0 aliphatic carbocycles. The van der Waals surface area contributed by atoms with Crippen molar-refractivity contribution in [2.24, 2.45) is 0 Å². The third kappa shape index (κ3) is 2.06. The number of benzene rings is 2. The first-order valence-electron chi connectivity index (χ1n) is 5.90. The van der Waals surface area contributed by atoms with Crippen molar-refractivity contribution in [3.63, 3.8) is 0 Å². The van der Waals surface area contributed by atoms with Gasteiger partial charge in [-0.3, -0.25) is 0 Å². The number of imidazole rings is 1. The van der Waals surface area contributed by atoms with E-state index >= 15 is 0 Å². The molecule has 0 unspecified atom stereocenters. The lowest BCUT2D eigenvalue weighted by molar-refractivity contribution is 0.785. The molecule has 0 bridgehead atoms. The fourth-order valence-electron chi connectivity index (χ4n) is 2.21. The van der Waals surface area contributed by atoms with Crippen molar-refractivity contribution < 1.29 is 0 Å². The summed E-state index contributed by atoms with van der Waals surface area (Å²) in [6.45, 7) is 2.91. The van der Waals surface area contributed by atoms with Gasteiger partial charge in [-0.1, -0.05) is 40.2 Å². The van der Waals surface area contributed by atoms with E-state index in [-0.39, 0.29) is 0 Å². The highest BCUT2D eigenvalue weighted by Gasteiger charge is 2.06. The Morgan fingerprint density at radius 2 is 1.94 bits per heavy atom. The molecule has 0 spiro atoms. The zero-order valence-electron chi connectivity index (χ0n) is 10.1. The predicted octanol–water partition coefficient (Wildman–Crippen LogP) is 4.16. The first-order chi connectivity index (χ1) is 8.74. The highest BCUT2D eigenvalue weighted by atomic mass is 79.9. The van der Waals surface area contributed by atoms with E-state index in [0.717, 1.165) is 22.4 Å². The number of fused-ring (bicyclic) bond motifs is 1. The van der Waals surface area contributed by atoms with E-state index in [9.17, 15) is 0 Å². The number of hydrogen-bond acceptors (Lipinski definition) is 1. The van der Waals surface area contributed by atoms with Gasteiger partial charge in [0.25, 0.3) is 0 Å². The van der Waals surface area contributed by atoms with Gasteiger partial charge in [-0.05, 0) is 36.8 Å². The molecule has 0 saturated carbocycles. The molecule has 0 amide bonds. The molecule has 3 heteroatoms. The summed E-state index contributed by atoms with van der Waals surface area (Å²) < 4.78 is 3.36. The van der Waals surface area contributed by atoms with E-state index in [1.165, 1.54) is 11.1 Å². The summed E-state index contributed by atoms with van der Waals surface area (Å²) in [5.74, 6) is 1.05. The van der Waals surface area contributed by atoms with E-state index in [1.807, 2.05) is 12.1 Å². The summed E-state index contributed by atoms with van der Waals surface area (Å²) >= 11 is 3.51. The SMILES string of the molecule is Cc1nc2ccccc2n1Cc1cccc(Br)c1. The maximum Gasteiger partial charge on any atom is 0.107 e. The fraction of sp³-hybridized carbons (Fsp3) is 0.133. The molecule has 1 aromatic heterocycles. The van der Waals surface area contributed by atoms with Gasteiger partial charge in [-0.15, -0.1) is 0 Å². The van der Waals surface area contributed by atoms with Gasteiger partial charge in [-0.2, -0.15) is 0 Å². The molecular formula is C15H13BrN2. The second-order valence-corrected chi connectivity index (χ2v) is 5.28. The van der Waals surface area contributed by atoms with Gasteiger partial charge in [0.05, 0.1) is 11.0 Å². The van der Waals surface area contributed by atoms with Gasteiger partial charge in [0.2, 0.25) is 0 Å². The first kappa shape index (κ1) is 11.5. The average molecular weight is 301 g/mol. The van der Waals surface area contributed by atoms with Crippen molar-refractivity contribution in [3.8, 4) is 0 Å². The number of para-hydroxylation sites is 2. The number of halogens is 1. The van der Waals surface area contributed by atoms with E-state index in [4.69, 9.17) is 0 Å². The van der Waals surface area contributed by atoms with Crippen LogP contribution in [0.25, 0.3) is 11.0 Å². The van der Waals surface area contributed by atoms with E-state index < -0.39 is 0 Å². The van der Waals surface area contributed by atoms with Gasteiger partial charge in [0, 0.05) is 11.0 Å². The summed E-state index contributed by atoms with van der Waals surface area (Å²) in [4.78, 5) is 4.58. The number of aromatic nitrogens is 2. The lowest BCUT2D eigenvalue weighted by atomic mass is 10.2. The van der Waals surface area contributed by atoms with Gasteiger partial charge < -0.3 is 4.57 Å². The summed E-state index contributed by atoms with van der Waals surface area (Å²) in [5, 5.41) is 0. The molecule has 90 valence electrons. The zero-order valence-corrected chi connectivity index (χ0v) is 11.7. The Bertz CT molecular complexity index is 701. The normalized spacial score (nSPS) is 11.0. The summed E-state index contributed by atoms with van der Waals surface area (Å²) in [5.41, 5.74) is 3.52. The molecule has 0 radical (unpaired) electrons. The molecule has 0 N–H and O–H groups in total. The molecular weight excluding hydrogens is 288 g/mol. The third-order valence-electron chi connectivity index (χ3n) is 3.08. The molecule has 0 fully saturated rings. The monoisotopic (exact) mass is 300 g/mol. The first-order valence-corrected chi connectivity index (χ1v) is 6.69. The third-order valence-corrected chi connectivity index (χ3v) is 3.57. The standard InChI is InChI=1S/C15H13BrN2/c1-11-17-14-7-2-3-8-15(14)18(11)10-12-5-4-6-13(16)9-12/h2-9H,10H2,1H3. The van der Waals surface area contributed by atoms with Crippen molar-refractivity contribution in [3.05, 3.63) is 64.4 Å². The van der Waals surface area contributed by atoms with Crippen LogP contribution in [0.1, 0.15) is 11.4 Å². The maximum atomic E-state index is 4.58. The molecule has 0 aliphatic heterocycles. The summed E-state index contributed by atoms with van der Waals surface area (Å²) in [7, 11) is 0. The topological polar surface area (TPSA) is 17.8 Å². The molecule has 2 aromatic carbocycles. The molecule has 3 aromatic rings. The number of hydrogen-bond donors (Lipinski definition) is 0. The van der Waals surface area contributed by atoms with Gasteiger partial charge in [-0.25, -0.2) is 4.98 Å². The minimum absolute atomic E-state index is 0.853. The van der Waals surface area contributed by atoms with Crippen molar-refractivity contribution in [1.82, 2.24) is 9.55 Å². The van der Waals surface area contributed by atoms with Crippen LogP contribution in [0.2, 0.25) is 0 Å². The summed E-state index contributed by atoms with van der Waals surface area (Å²) in [6.07, 6.45) is 0. The lowest BCUT2D eigenvalue weighted by Gasteiger charge is -2.07. The Morgan fingerprint density at radius 3 is 2.78 bits per heavy atom. The van der Waals surface area contributed by atoms with Crippen molar-refractivity contribution in [2.45, 2.75) is 13.5 Å². The van der Waals surface area contributed by atoms with Crippen molar-refractivity contribution in [2.75, 3.05) is 0 Å². The molecule has 0 saturated heterocycles. The van der Waals surface area contributed by atoms with Crippen LogP contribution in [-0.4, -0.2) is 9.55 Å². The molecule has 1 heterocycles. The van der Waals surface area contributed by atoms with Crippen LogP contribution in [0, 0.1) is 6.92 Å². The van der Waals surface area contributed by atoms with Crippen LogP contribution >= 0.6 is 15.9 Å². The van der Waals surface area contributed by atoms with Crippen LogP contribution < -0.4 is 0 Å². The van der Waals surface area contributed by atoms with Gasteiger partial charge >= 0.3 is 0 Å². The van der Waals surface area contributed by atoms with Crippen LogP contribution in [0.15, 0.2) is 53.0 Å². The summed E-state index contributed by atoms with van der Waals surface area (Å²) in [6, 6.07) is 16.6. The highest BCUT2D eigenvalue weighted by molar-refractivity contribution is 9.10. The minimum atomic E-state index is 0.853. The Morgan fingerprint density at radius 1 is 1.11 bits per heavy atom. The van der Waals surface area contributed by atoms with E-state index in [2.05, 4.69) is 68.8 Å². The fourth-order valence-corrected chi connectivity index (χ4v) is 2.66. The number of nitrogens with zero attached hydrogens (tertiary/aromatic N) is 2. The van der Waals surface area contributed by atoms with Gasteiger partial charge in [0.15, 0.2) is 0 Å². The van der Waals surface area contributed by atoms with Crippen LogP contribution in [0.3, 0.4) is 0 Å². The second kappa shape index (κ2) is 4.58. The number of aryl methyl sites for hydroxylation is 1. The Balaban J connectivity index is 2.07.